The molecule has 9 heteroatoms. The number of amides is 3. The zero-order valence-corrected chi connectivity index (χ0v) is 23.5. The van der Waals surface area contributed by atoms with Crippen LogP contribution >= 0.6 is 11.3 Å². The number of carbonyl (C=O) groups is 3. The van der Waals surface area contributed by atoms with Gasteiger partial charge in [0.1, 0.15) is 10.8 Å². The van der Waals surface area contributed by atoms with E-state index in [-0.39, 0.29) is 11.3 Å². The summed E-state index contributed by atoms with van der Waals surface area (Å²) in [6.07, 6.45) is 4.54. The van der Waals surface area contributed by atoms with Gasteiger partial charge in [0.15, 0.2) is 6.10 Å². The van der Waals surface area contributed by atoms with E-state index in [1.54, 1.807) is 37.4 Å². The van der Waals surface area contributed by atoms with Gasteiger partial charge in [-0.15, -0.1) is 11.3 Å². The summed E-state index contributed by atoms with van der Waals surface area (Å²) in [6.45, 7) is 8.07. The maximum Gasteiger partial charge on any atom is 0.280 e. The summed E-state index contributed by atoms with van der Waals surface area (Å²) in [6, 6.07) is 14.4. The Kier molecular flexibility index (Phi) is 8.50. The fourth-order valence-corrected chi connectivity index (χ4v) is 5.65. The van der Waals surface area contributed by atoms with Crippen LogP contribution in [0.2, 0.25) is 0 Å². The van der Waals surface area contributed by atoms with E-state index in [0.29, 0.717) is 21.9 Å². The number of benzene rings is 2. The van der Waals surface area contributed by atoms with Crippen LogP contribution in [0, 0.1) is 0 Å². The van der Waals surface area contributed by atoms with Gasteiger partial charge >= 0.3 is 0 Å². The number of nitrogens with two attached hydrogens (primary N) is 1. The second-order valence-corrected chi connectivity index (χ2v) is 11.7. The van der Waals surface area contributed by atoms with E-state index in [9.17, 15) is 14.4 Å². The van der Waals surface area contributed by atoms with Crippen molar-refractivity contribution in [2.45, 2.75) is 64.9 Å². The first kappa shape index (κ1) is 28.0. The molecule has 0 aliphatic heterocycles. The fraction of sp³-hybridized carbons (Fsp3) is 0.333. The van der Waals surface area contributed by atoms with E-state index < -0.39 is 17.9 Å². The molecule has 1 aliphatic rings. The monoisotopic (exact) mass is 546 g/mol. The maximum absolute atomic E-state index is 12.9. The van der Waals surface area contributed by atoms with E-state index in [1.807, 2.05) is 24.3 Å². The van der Waals surface area contributed by atoms with Crippen LogP contribution in [0.15, 0.2) is 53.6 Å². The lowest BCUT2D eigenvalue weighted by Gasteiger charge is -2.18. The average Bonchev–Trinajstić information content (AvgIpc) is 3.26. The first-order valence-corrected chi connectivity index (χ1v) is 13.8. The number of thiophene rings is 1. The Morgan fingerprint density at radius 3 is 2.33 bits per heavy atom. The molecule has 0 radical (unpaired) electrons. The molecule has 4 rings (SSSR count). The van der Waals surface area contributed by atoms with Crippen LogP contribution in [0.1, 0.15) is 82.8 Å². The molecule has 0 saturated heterocycles. The molecule has 3 aromatic rings. The minimum absolute atomic E-state index is 0.0662. The number of primary amides is 1. The number of carbonyl (C=O) groups excluding carboxylic acids is 3. The van der Waals surface area contributed by atoms with Gasteiger partial charge in [-0.3, -0.25) is 14.4 Å². The molecule has 0 saturated carbocycles. The van der Waals surface area contributed by atoms with Gasteiger partial charge in [0.25, 0.3) is 17.7 Å². The topological polar surface area (TPSA) is 123 Å². The Morgan fingerprint density at radius 2 is 1.69 bits per heavy atom. The molecular weight excluding hydrogens is 512 g/mol. The van der Waals surface area contributed by atoms with Gasteiger partial charge in [-0.25, -0.2) is 5.43 Å². The molecule has 39 heavy (non-hydrogen) atoms. The van der Waals surface area contributed by atoms with Gasteiger partial charge in [-0.1, -0.05) is 45.0 Å². The minimum Gasteiger partial charge on any atom is -0.481 e. The highest BCUT2D eigenvalue weighted by Crippen LogP contribution is 2.38. The maximum atomic E-state index is 12.9. The second kappa shape index (κ2) is 11.8. The molecule has 1 atom stereocenters. The third kappa shape index (κ3) is 6.92. The number of ether oxygens (including phenoxy) is 1. The van der Waals surface area contributed by atoms with Crippen molar-refractivity contribution in [2.75, 3.05) is 5.32 Å². The molecule has 0 fully saturated rings. The van der Waals surface area contributed by atoms with Crippen LogP contribution in [0.4, 0.5) is 5.00 Å². The van der Waals surface area contributed by atoms with Crippen LogP contribution in [-0.4, -0.2) is 30.0 Å². The molecular formula is C30H34N4O4S. The van der Waals surface area contributed by atoms with Crippen LogP contribution in [-0.2, 0) is 23.1 Å². The van der Waals surface area contributed by atoms with Crippen molar-refractivity contribution in [1.82, 2.24) is 5.43 Å². The van der Waals surface area contributed by atoms with Crippen LogP contribution < -0.4 is 21.2 Å². The predicted octanol–water partition coefficient (Wildman–Crippen LogP) is 5.19. The van der Waals surface area contributed by atoms with Crippen LogP contribution in [0.25, 0.3) is 0 Å². The van der Waals surface area contributed by atoms with Gasteiger partial charge in [0.05, 0.1) is 11.8 Å². The number of nitrogens with one attached hydrogen (secondary N) is 2. The SMILES string of the molecule is C[C@H](Oc1ccc(C(=O)Nc2sc3c(c2C(N)=O)CCCC3)cc1)C(=O)N/N=C\c1ccc(C(C)(C)C)cc1. The van der Waals surface area contributed by atoms with Crippen molar-refractivity contribution in [2.24, 2.45) is 10.8 Å². The normalized spacial score (nSPS) is 13.9. The van der Waals surface area contributed by atoms with Gasteiger partial charge in [-0.2, -0.15) is 5.10 Å². The molecule has 0 spiro atoms. The average molecular weight is 547 g/mol. The zero-order chi connectivity index (χ0) is 28.2. The smallest absolute Gasteiger partial charge is 0.280 e. The Bertz CT molecular complexity index is 1390. The molecule has 1 aromatic heterocycles. The third-order valence-electron chi connectivity index (χ3n) is 6.61. The van der Waals surface area contributed by atoms with Gasteiger partial charge in [0.2, 0.25) is 0 Å². The van der Waals surface area contributed by atoms with E-state index in [0.717, 1.165) is 41.7 Å². The minimum atomic E-state index is -0.805. The Balaban J connectivity index is 1.32. The number of rotatable bonds is 8. The summed E-state index contributed by atoms with van der Waals surface area (Å²) >= 11 is 1.42. The fourth-order valence-electron chi connectivity index (χ4n) is 4.36. The van der Waals surface area contributed by atoms with E-state index in [4.69, 9.17) is 10.5 Å². The highest BCUT2D eigenvalue weighted by Gasteiger charge is 2.25. The van der Waals surface area contributed by atoms with Crippen LogP contribution in [0.5, 0.6) is 5.75 Å². The number of aryl methyl sites for hydroxylation is 1. The van der Waals surface area contributed by atoms with Crippen molar-refractivity contribution in [3.8, 4) is 5.75 Å². The molecule has 3 amide bonds. The van der Waals surface area contributed by atoms with E-state index in [1.165, 1.54) is 16.9 Å². The lowest BCUT2D eigenvalue weighted by molar-refractivity contribution is -0.127. The first-order chi connectivity index (χ1) is 18.5. The van der Waals surface area contributed by atoms with Crippen molar-refractivity contribution >= 4 is 40.3 Å². The molecule has 4 N–H and O–H groups in total. The van der Waals surface area contributed by atoms with Crippen molar-refractivity contribution in [3.63, 3.8) is 0 Å². The standard InChI is InChI=1S/C30H34N4O4S/c1-18(27(36)34-32-17-19-9-13-21(14-10-19)30(2,3)4)38-22-15-11-20(12-16-22)28(37)33-29-25(26(31)35)23-7-5-6-8-24(23)39-29/h9-18H,5-8H2,1-4H3,(H2,31,35)(H,33,37)(H,34,36)/b32-17-/t18-/m0/s1. The van der Waals surface area contributed by atoms with Gasteiger partial charge in [0, 0.05) is 10.4 Å². The summed E-state index contributed by atoms with van der Waals surface area (Å²) in [5, 5.41) is 7.37. The molecule has 8 nitrogen and oxygen atoms in total. The Labute approximate surface area is 232 Å². The summed E-state index contributed by atoms with van der Waals surface area (Å²) < 4.78 is 5.71. The molecule has 2 aromatic carbocycles. The third-order valence-corrected chi connectivity index (χ3v) is 7.82. The number of hydrazone groups is 1. The van der Waals surface area contributed by atoms with E-state index >= 15 is 0 Å². The lowest BCUT2D eigenvalue weighted by Crippen LogP contribution is -2.33. The zero-order valence-electron chi connectivity index (χ0n) is 22.7. The predicted molar refractivity (Wildman–Crippen MR) is 155 cm³/mol. The number of fused-ring (bicyclic) bond motifs is 1. The van der Waals surface area contributed by atoms with E-state index in [2.05, 4.69) is 36.6 Å². The molecule has 0 unspecified atom stereocenters. The summed E-state index contributed by atoms with van der Waals surface area (Å²) in [7, 11) is 0. The number of hydrogen-bond donors (Lipinski definition) is 3. The van der Waals surface area contributed by atoms with Crippen molar-refractivity contribution in [3.05, 3.63) is 81.2 Å². The number of hydrogen-bond acceptors (Lipinski definition) is 6. The quantitative estimate of drug-likeness (QED) is 0.266. The molecule has 204 valence electrons. The Morgan fingerprint density at radius 1 is 1.03 bits per heavy atom. The van der Waals surface area contributed by atoms with Crippen LogP contribution in [0.3, 0.4) is 0 Å². The van der Waals surface area contributed by atoms with Gasteiger partial charge in [-0.05, 0) is 79.0 Å². The number of nitrogens with zero attached hydrogens (tertiary/aromatic N) is 1. The highest BCUT2D eigenvalue weighted by molar-refractivity contribution is 7.17. The molecule has 1 heterocycles. The summed E-state index contributed by atoms with van der Waals surface area (Å²) in [5.41, 5.74) is 12.1. The number of anilines is 1. The summed E-state index contributed by atoms with van der Waals surface area (Å²) in [4.78, 5) is 38.5. The highest BCUT2D eigenvalue weighted by atomic mass is 32.1. The summed E-state index contributed by atoms with van der Waals surface area (Å²) in [5.74, 6) is -0.845. The largest absolute Gasteiger partial charge is 0.481 e. The lowest BCUT2D eigenvalue weighted by atomic mass is 9.87. The first-order valence-electron chi connectivity index (χ1n) is 13.0. The molecule has 0 bridgehead atoms. The van der Waals surface area contributed by atoms with Gasteiger partial charge < -0.3 is 15.8 Å². The van der Waals surface area contributed by atoms with Crippen molar-refractivity contribution in [1.29, 1.82) is 0 Å². The second-order valence-electron chi connectivity index (χ2n) is 10.6. The van der Waals surface area contributed by atoms with Crippen molar-refractivity contribution < 1.29 is 19.1 Å². The molecule has 1 aliphatic carbocycles. The Hall–Kier alpha value is -3.98.